The first kappa shape index (κ1) is 39.5. The molecule has 0 amide bonds. The highest BCUT2D eigenvalue weighted by Gasteiger charge is 2.50. The third-order valence-corrected chi connectivity index (χ3v) is 22.8. The Kier molecular flexibility index (Phi) is 12.5. The Morgan fingerprint density at radius 3 is 2.02 bits per heavy atom. The zero-order valence-electron chi connectivity index (χ0n) is 33.4. The fourth-order valence-corrected chi connectivity index (χ4v) is 11.5. The fourth-order valence-electron chi connectivity index (χ4n) is 8.74. The van der Waals surface area contributed by atoms with Crippen molar-refractivity contribution in [1.82, 2.24) is 0 Å². The van der Waals surface area contributed by atoms with Gasteiger partial charge in [0.25, 0.3) is 0 Å². The van der Waals surface area contributed by atoms with Gasteiger partial charge in [-0.3, -0.25) is 4.79 Å². The summed E-state index contributed by atoms with van der Waals surface area (Å²) in [7, 11) is -3.78. The summed E-state index contributed by atoms with van der Waals surface area (Å²) >= 11 is 0. The summed E-state index contributed by atoms with van der Waals surface area (Å²) in [6.07, 6.45) is 18.0. The van der Waals surface area contributed by atoms with Crippen molar-refractivity contribution in [1.29, 1.82) is 0 Å². The third kappa shape index (κ3) is 9.33. The number of carbonyl (C=O) groups is 1. The molecule has 0 bridgehead atoms. The van der Waals surface area contributed by atoms with E-state index in [1.54, 1.807) is 5.57 Å². The molecule has 0 N–H and O–H groups in total. The first-order valence-corrected chi connectivity index (χ1v) is 25.3. The first-order valence-electron chi connectivity index (χ1n) is 19.5. The molecule has 0 radical (unpaired) electrons. The molecule has 0 aliphatic heterocycles. The van der Waals surface area contributed by atoms with Gasteiger partial charge < -0.3 is 8.85 Å². The molecule has 3 aliphatic carbocycles. The maximum Gasteiger partial charge on any atom is 0.192 e. The van der Waals surface area contributed by atoms with Gasteiger partial charge in [-0.15, -0.1) is 0 Å². The number of hydrogen-bond donors (Lipinski definition) is 0. The summed E-state index contributed by atoms with van der Waals surface area (Å²) in [6.45, 7) is 30.9. The molecule has 0 aromatic heterocycles. The molecule has 3 nitrogen and oxygen atoms in total. The molecule has 0 spiro atoms. The van der Waals surface area contributed by atoms with Crippen LogP contribution in [0.25, 0.3) is 0 Å². The molecular formula is C43H72O3Si2. The minimum Gasteiger partial charge on any atom is -0.414 e. The number of Topliss-reactive ketones (excluding diaryl/α,β-unsaturated/α-hetero) is 1. The molecule has 6 atom stereocenters. The van der Waals surface area contributed by atoms with Crippen LogP contribution >= 0.6 is 0 Å². The van der Waals surface area contributed by atoms with E-state index >= 15 is 0 Å². The molecule has 48 heavy (non-hydrogen) atoms. The molecular weight excluding hydrogens is 621 g/mol. The summed E-state index contributed by atoms with van der Waals surface area (Å²) in [5.41, 5.74) is 5.66. The Hall–Kier alpha value is -1.28. The maximum absolute atomic E-state index is 12.8. The van der Waals surface area contributed by atoms with Gasteiger partial charge >= 0.3 is 0 Å². The van der Waals surface area contributed by atoms with Crippen LogP contribution in [0.15, 0.2) is 47.6 Å². The van der Waals surface area contributed by atoms with E-state index in [2.05, 4.69) is 113 Å². The van der Waals surface area contributed by atoms with Crippen molar-refractivity contribution in [3.8, 4) is 0 Å². The topological polar surface area (TPSA) is 35.5 Å². The van der Waals surface area contributed by atoms with Crippen molar-refractivity contribution in [3.05, 3.63) is 58.7 Å². The molecule has 3 aliphatic rings. The van der Waals surface area contributed by atoms with Gasteiger partial charge in [-0.25, -0.2) is 0 Å². The van der Waals surface area contributed by atoms with Crippen molar-refractivity contribution in [2.75, 3.05) is 0 Å². The number of allylic oxidation sites excluding steroid dienone is 3. The van der Waals surface area contributed by atoms with Gasteiger partial charge in [-0.2, -0.15) is 0 Å². The van der Waals surface area contributed by atoms with E-state index in [0.717, 1.165) is 43.6 Å². The SMILES string of the molecule is Cc1ccc(C(=O)CCC[C@@H](C)[C@H]2CC[C@H]3/C(=C/C=C4C[C@@H](O[Si](C)(C)C(C)(C)C)C[C@H](O[Si](C)(C)C(C)(C)C)C4)CCC[C@]23C)cc1. The van der Waals surface area contributed by atoms with Gasteiger partial charge in [-0.1, -0.05) is 109 Å². The normalized spacial score (nSPS) is 28.8. The van der Waals surface area contributed by atoms with Crippen LogP contribution in [-0.4, -0.2) is 34.6 Å². The Labute approximate surface area is 298 Å². The monoisotopic (exact) mass is 693 g/mol. The molecule has 3 fully saturated rings. The Morgan fingerprint density at radius 1 is 0.917 bits per heavy atom. The average molecular weight is 693 g/mol. The highest BCUT2D eigenvalue weighted by molar-refractivity contribution is 6.74. The Morgan fingerprint density at radius 2 is 1.48 bits per heavy atom. The Bertz CT molecular complexity index is 1270. The van der Waals surface area contributed by atoms with Crippen molar-refractivity contribution in [2.45, 2.75) is 181 Å². The van der Waals surface area contributed by atoms with E-state index in [1.807, 2.05) is 12.1 Å². The maximum atomic E-state index is 12.8. The van der Waals surface area contributed by atoms with Crippen LogP contribution < -0.4 is 0 Å². The smallest absolute Gasteiger partial charge is 0.192 e. The first-order chi connectivity index (χ1) is 22.1. The van der Waals surface area contributed by atoms with Crippen LogP contribution in [0.2, 0.25) is 36.3 Å². The van der Waals surface area contributed by atoms with Crippen LogP contribution in [-0.2, 0) is 8.85 Å². The molecule has 0 unspecified atom stereocenters. The minimum absolute atomic E-state index is 0.200. The van der Waals surface area contributed by atoms with E-state index in [4.69, 9.17) is 8.85 Å². The second kappa shape index (κ2) is 15.1. The van der Waals surface area contributed by atoms with Gasteiger partial charge in [0.1, 0.15) is 0 Å². The highest BCUT2D eigenvalue weighted by atomic mass is 28.4. The van der Waals surface area contributed by atoms with Gasteiger partial charge in [0.15, 0.2) is 22.4 Å². The second-order valence-electron chi connectivity index (χ2n) is 19.5. The number of aryl methyl sites for hydroxylation is 1. The highest BCUT2D eigenvalue weighted by Crippen LogP contribution is 2.60. The third-order valence-electron chi connectivity index (χ3n) is 13.7. The van der Waals surface area contributed by atoms with Crippen molar-refractivity contribution in [3.63, 3.8) is 0 Å². The van der Waals surface area contributed by atoms with Gasteiger partial charge in [0.2, 0.25) is 0 Å². The average Bonchev–Trinajstić information content (AvgIpc) is 3.32. The summed E-state index contributed by atoms with van der Waals surface area (Å²) in [4.78, 5) is 12.8. The predicted octanol–water partition coefficient (Wildman–Crippen LogP) is 13.0. The largest absolute Gasteiger partial charge is 0.414 e. The zero-order valence-corrected chi connectivity index (χ0v) is 35.4. The number of carbonyl (C=O) groups excluding carboxylic acids is 1. The summed E-state index contributed by atoms with van der Waals surface area (Å²) in [6, 6.07) is 8.09. The van der Waals surface area contributed by atoms with Crippen LogP contribution in [0, 0.1) is 30.1 Å². The molecule has 1 aromatic carbocycles. The minimum atomic E-state index is -1.89. The van der Waals surface area contributed by atoms with E-state index in [1.165, 1.54) is 43.2 Å². The zero-order chi connectivity index (χ0) is 35.7. The summed E-state index contributed by atoms with van der Waals surface area (Å²) in [5, 5.41) is 0.400. The lowest BCUT2D eigenvalue weighted by Crippen LogP contribution is -2.48. The molecule has 270 valence electrons. The van der Waals surface area contributed by atoms with Crippen molar-refractivity contribution < 1.29 is 13.6 Å². The van der Waals surface area contributed by atoms with Crippen LogP contribution in [0.3, 0.4) is 0 Å². The van der Waals surface area contributed by atoms with E-state index in [9.17, 15) is 4.79 Å². The molecule has 3 saturated carbocycles. The second-order valence-corrected chi connectivity index (χ2v) is 29.0. The summed E-state index contributed by atoms with van der Waals surface area (Å²) in [5.74, 6) is 2.38. The van der Waals surface area contributed by atoms with Crippen LogP contribution in [0.4, 0.5) is 0 Å². The summed E-state index contributed by atoms with van der Waals surface area (Å²) < 4.78 is 14.2. The van der Waals surface area contributed by atoms with Crippen LogP contribution in [0.5, 0.6) is 0 Å². The molecule has 0 heterocycles. The number of ketones is 1. The van der Waals surface area contributed by atoms with Gasteiger partial charge in [0.05, 0.1) is 12.2 Å². The lowest BCUT2D eigenvalue weighted by Gasteiger charge is -2.45. The number of benzene rings is 1. The van der Waals surface area contributed by atoms with E-state index in [0.29, 0.717) is 29.5 Å². The van der Waals surface area contributed by atoms with E-state index < -0.39 is 16.6 Å². The van der Waals surface area contributed by atoms with Crippen molar-refractivity contribution in [2.24, 2.45) is 23.2 Å². The predicted molar refractivity (Wildman–Crippen MR) is 211 cm³/mol. The lowest BCUT2D eigenvalue weighted by molar-refractivity contribution is 0.0724. The lowest BCUT2D eigenvalue weighted by atomic mass is 9.60. The molecule has 1 aromatic rings. The molecule has 5 heteroatoms. The number of hydrogen-bond acceptors (Lipinski definition) is 3. The van der Waals surface area contributed by atoms with Crippen LogP contribution in [0.1, 0.15) is 142 Å². The quantitative estimate of drug-likeness (QED) is 0.171. The molecule has 4 rings (SSSR count). The fraction of sp³-hybridized carbons (Fsp3) is 0.744. The van der Waals surface area contributed by atoms with Gasteiger partial charge in [-0.05, 0) is 131 Å². The standard InChI is InChI=1S/C43H72O3Si2/c1-31-19-22-35(23-20-31)40(44)18-14-16-32(2)38-25-26-39-34(17-15-27-43(38,39)9)24-21-33-28-36(45-47(10,11)41(3,4)5)30-37(29-33)46-48(12,13)42(6,7)8/h19-24,32,36-39H,14-18,25-30H2,1-13H3/b34-24+/t32-,36-,37-,38-,39+,43-/m1/s1. The number of rotatable bonds is 11. The van der Waals surface area contributed by atoms with E-state index in [-0.39, 0.29) is 22.3 Å². The number of fused-ring (bicyclic) bond motifs is 1. The Balaban J connectivity index is 1.46. The van der Waals surface area contributed by atoms with Crippen molar-refractivity contribution >= 4 is 22.4 Å². The molecule has 0 saturated heterocycles. The van der Waals surface area contributed by atoms with Gasteiger partial charge in [0, 0.05) is 12.0 Å².